The number of carbonyl (C=O) groups is 3. The van der Waals surface area contributed by atoms with Crippen LogP contribution in [-0.2, 0) is 24.9 Å². The maximum atomic E-state index is 14.8. The zero-order valence-corrected chi connectivity index (χ0v) is 30.3. The minimum Gasteiger partial charge on any atom is -0.494 e. The summed E-state index contributed by atoms with van der Waals surface area (Å²) in [4.78, 5) is 46.0. The minimum absolute atomic E-state index is 0.00865. The molecule has 1 unspecified atom stereocenters. The number of alkyl halides is 1. The number of carboxylic acid groups (broad SMARTS) is 1. The van der Waals surface area contributed by atoms with Gasteiger partial charge in [-0.2, -0.15) is 5.10 Å². The van der Waals surface area contributed by atoms with Crippen LogP contribution in [-0.4, -0.2) is 102 Å². The van der Waals surface area contributed by atoms with Gasteiger partial charge in [0.2, 0.25) is 5.91 Å². The number of aryl methyl sites for hydroxylation is 1. The smallest absolute Gasteiger partial charge is 0.404 e. The van der Waals surface area contributed by atoms with Crippen LogP contribution in [0.15, 0.2) is 48.8 Å². The van der Waals surface area contributed by atoms with E-state index < -0.39 is 24.2 Å². The predicted molar refractivity (Wildman–Crippen MR) is 197 cm³/mol. The molecule has 2 N–H and O–H groups in total. The molecule has 0 radical (unpaired) electrons. The lowest BCUT2D eigenvalue weighted by Gasteiger charge is -2.34. The maximum absolute atomic E-state index is 14.8. The van der Waals surface area contributed by atoms with Gasteiger partial charge >= 0.3 is 6.09 Å². The molecule has 8 rings (SSSR count). The molecule has 2 saturated heterocycles. The third-order valence-electron chi connectivity index (χ3n) is 11.1. The third-order valence-corrected chi connectivity index (χ3v) is 11.1. The first-order chi connectivity index (χ1) is 25.6. The number of fused-ring (bicyclic) bond motifs is 2. The Morgan fingerprint density at radius 2 is 1.81 bits per heavy atom. The van der Waals surface area contributed by atoms with E-state index in [4.69, 9.17) is 9.72 Å². The highest BCUT2D eigenvalue weighted by atomic mass is 19.1. The number of para-hydroxylation sites is 1. The minimum atomic E-state index is -1.36. The molecule has 5 aromatic rings. The molecule has 1 aliphatic carbocycles. The van der Waals surface area contributed by atoms with Crippen molar-refractivity contribution in [3.8, 4) is 17.3 Å². The Morgan fingerprint density at radius 1 is 1.02 bits per heavy atom. The van der Waals surface area contributed by atoms with E-state index >= 15 is 0 Å². The molecule has 53 heavy (non-hydrogen) atoms. The summed E-state index contributed by atoms with van der Waals surface area (Å²) in [6, 6.07) is 11.4. The van der Waals surface area contributed by atoms with Crippen molar-refractivity contribution >= 4 is 39.8 Å². The highest BCUT2D eigenvalue weighted by molar-refractivity contribution is 6.00. The fourth-order valence-electron chi connectivity index (χ4n) is 8.38. The van der Waals surface area contributed by atoms with Crippen LogP contribution in [0.4, 0.5) is 9.18 Å². The van der Waals surface area contributed by atoms with Gasteiger partial charge in [-0.15, -0.1) is 0 Å². The lowest BCUT2D eigenvalue weighted by atomic mass is 9.88. The molecule has 3 amide bonds. The van der Waals surface area contributed by atoms with E-state index in [9.17, 15) is 23.9 Å². The summed E-state index contributed by atoms with van der Waals surface area (Å²) in [5.41, 5.74) is 5.99. The molecular weight excluding hydrogens is 679 g/mol. The van der Waals surface area contributed by atoms with Crippen LogP contribution in [0.1, 0.15) is 66.4 Å². The van der Waals surface area contributed by atoms with Crippen LogP contribution >= 0.6 is 0 Å². The van der Waals surface area contributed by atoms with Crippen LogP contribution in [0, 0.1) is 5.92 Å². The second-order valence-corrected chi connectivity index (χ2v) is 14.9. The van der Waals surface area contributed by atoms with Gasteiger partial charge < -0.3 is 34.1 Å². The lowest BCUT2D eigenvalue weighted by molar-refractivity contribution is -0.129. The molecule has 278 valence electrons. The number of nitrogens with zero attached hydrogens (tertiary/aromatic N) is 7. The van der Waals surface area contributed by atoms with Crippen LogP contribution < -0.4 is 10.1 Å². The topological polar surface area (TPSA) is 140 Å². The van der Waals surface area contributed by atoms with Crippen LogP contribution in [0.3, 0.4) is 0 Å². The summed E-state index contributed by atoms with van der Waals surface area (Å²) in [5, 5.41) is 17.1. The summed E-state index contributed by atoms with van der Waals surface area (Å²) in [6.45, 7) is 4.36. The van der Waals surface area contributed by atoms with Crippen molar-refractivity contribution in [3.63, 3.8) is 0 Å². The Bertz CT molecular complexity index is 2210. The highest BCUT2D eigenvalue weighted by Crippen LogP contribution is 2.42. The molecule has 13 nitrogen and oxygen atoms in total. The highest BCUT2D eigenvalue weighted by Gasteiger charge is 2.33. The second-order valence-electron chi connectivity index (χ2n) is 14.9. The van der Waals surface area contributed by atoms with Crippen LogP contribution in [0.5, 0.6) is 5.75 Å². The number of carbonyl (C=O) groups excluding carboxylic acids is 2. The van der Waals surface area contributed by atoms with E-state index in [0.717, 1.165) is 60.5 Å². The second kappa shape index (κ2) is 13.9. The standard InChI is InChI=1S/C39H45FN8O5/c1-23(49)45-11-9-26(10-12-45)31-6-4-5-27-14-33(47(35(27)31)19-24-7-8-24)37-43-32-13-28(38(50)46-21-29(40)16-30(22-46)42-39(51)52)15-34(53-3)36(32)48(37)20-25-17-41-44(2)18-25/h4-6,13-15,17-18,24,26,29-30,42H,7-12,16,19-22H2,1-3H3,(H,51,52)/t29?,30-/m1/s1. The number of rotatable bonds is 9. The van der Waals surface area contributed by atoms with Gasteiger partial charge in [-0.3, -0.25) is 14.3 Å². The van der Waals surface area contributed by atoms with Crippen molar-refractivity contribution in [2.24, 2.45) is 13.0 Å². The zero-order valence-electron chi connectivity index (χ0n) is 30.3. The molecule has 3 aliphatic rings. The van der Waals surface area contributed by atoms with E-state index in [1.54, 1.807) is 30.8 Å². The number of methoxy groups -OCH3 is 1. The van der Waals surface area contributed by atoms with E-state index in [-0.39, 0.29) is 31.0 Å². The SMILES string of the molecule is COc1cc(C(=O)N2CC(F)C[C@@H](NC(=O)O)C2)cc2nc(-c3cc4cccc(C5CCN(C(C)=O)CC5)c4n3CC3CC3)n(Cc3cnn(C)c3)c12. The summed E-state index contributed by atoms with van der Waals surface area (Å²) in [5.74, 6) is 1.77. The number of hydrogen-bond donors (Lipinski definition) is 2. The number of halogens is 1. The van der Waals surface area contributed by atoms with Crippen LogP contribution in [0.25, 0.3) is 33.5 Å². The number of nitrogens with one attached hydrogen (secondary N) is 1. The number of benzene rings is 2. The van der Waals surface area contributed by atoms with E-state index in [1.165, 1.54) is 28.8 Å². The Labute approximate surface area is 306 Å². The number of ether oxygens (including phenoxy) is 1. The molecule has 2 atom stereocenters. The average Bonchev–Trinajstić information content (AvgIpc) is 3.58. The Morgan fingerprint density at radius 3 is 2.49 bits per heavy atom. The van der Waals surface area contributed by atoms with Crippen molar-refractivity contribution in [1.29, 1.82) is 0 Å². The van der Waals surface area contributed by atoms with Gasteiger partial charge in [-0.05, 0) is 61.3 Å². The van der Waals surface area contributed by atoms with Gasteiger partial charge in [0.05, 0.1) is 49.2 Å². The number of piperidine rings is 2. The normalized spacial score (nSPS) is 19.6. The fourth-order valence-corrected chi connectivity index (χ4v) is 8.38. The van der Waals surface area contributed by atoms with Crippen molar-refractivity contribution in [2.75, 3.05) is 33.3 Å². The Hall–Kier alpha value is -5.40. The van der Waals surface area contributed by atoms with Crippen molar-refractivity contribution in [1.82, 2.24) is 39.0 Å². The Balaban J connectivity index is 1.26. The molecule has 0 bridgehead atoms. The molecule has 0 spiro atoms. The molecule has 14 heteroatoms. The molecule has 2 aliphatic heterocycles. The van der Waals surface area contributed by atoms with E-state index in [1.807, 2.05) is 24.3 Å². The quantitative estimate of drug-likeness (QED) is 0.208. The van der Waals surface area contributed by atoms with Gasteiger partial charge in [-0.25, -0.2) is 14.2 Å². The monoisotopic (exact) mass is 724 g/mol. The van der Waals surface area contributed by atoms with Crippen molar-refractivity contribution in [2.45, 2.75) is 70.2 Å². The average molecular weight is 725 g/mol. The third kappa shape index (κ3) is 6.82. The maximum Gasteiger partial charge on any atom is 0.404 e. The lowest BCUT2D eigenvalue weighted by Crippen LogP contribution is -2.53. The van der Waals surface area contributed by atoms with Gasteiger partial charge in [0.15, 0.2) is 5.82 Å². The molecule has 3 aromatic heterocycles. The summed E-state index contributed by atoms with van der Waals surface area (Å²) >= 11 is 0. The summed E-state index contributed by atoms with van der Waals surface area (Å²) in [7, 11) is 3.44. The zero-order chi connectivity index (χ0) is 37.0. The molecule has 5 heterocycles. The first-order valence-corrected chi connectivity index (χ1v) is 18.4. The number of amides is 3. The van der Waals surface area contributed by atoms with Crippen molar-refractivity contribution < 1.29 is 28.6 Å². The van der Waals surface area contributed by atoms with Gasteiger partial charge in [0.25, 0.3) is 5.91 Å². The molecule has 2 aromatic carbocycles. The first kappa shape index (κ1) is 34.7. The molecular formula is C39H45FN8O5. The van der Waals surface area contributed by atoms with Gasteiger partial charge in [0.1, 0.15) is 17.4 Å². The number of likely N-dealkylation sites (tertiary alicyclic amines) is 2. The number of hydrogen-bond acceptors (Lipinski definition) is 6. The molecule has 3 fully saturated rings. The van der Waals surface area contributed by atoms with Crippen molar-refractivity contribution in [3.05, 3.63) is 65.5 Å². The summed E-state index contributed by atoms with van der Waals surface area (Å²) < 4.78 is 27.1. The first-order valence-electron chi connectivity index (χ1n) is 18.4. The summed E-state index contributed by atoms with van der Waals surface area (Å²) in [6.07, 6.45) is 5.34. The van der Waals surface area contributed by atoms with Gasteiger partial charge in [-0.1, -0.05) is 18.2 Å². The number of aromatic nitrogens is 5. The van der Waals surface area contributed by atoms with Crippen LogP contribution in [0.2, 0.25) is 0 Å². The van der Waals surface area contributed by atoms with Gasteiger partial charge in [0, 0.05) is 69.3 Å². The van der Waals surface area contributed by atoms with E-state index in [2.05, 4.69) is 43.8 Å². The fraction of sp³-hybridized carbons (Fsp3) is 0.462. The Kier molecular flexibility index (Phi) is 9.07. The number of imidazole rings is 1. The van der Waals surface area contributed by atoms with E-state index in [0.29, 0.717) is 29.6 Å². The predicted octanol–water partition coefficient (Wildman–Crippen LogP) is 5.40. The largest absolute Gasteiger partial charge is 0.494 e. The molecule has 1 saturated carbocycles.